The molecule has 0 fully saturated rings. The molecular weight excluding hydrogens is 507 g/mol. The summed E-state index contributed by atoms with van der Waals surface area (Å²) in [5.41, 5.74) is 10.9. The zero-order chi connectivity index (χ0) is 28.8. The van der Waals surface area contributed by atoms with E-state index in [2.05, 4.69) is 15.6 Å². The van der Waals surface area contributed by atoms with Crippen LogP contribution in [0.25, 0.3) is 32.9 Å². The van der Waals surface area contributed by atoms with Gasteiger partial charge in [-0.2, -0.15) is 0 Å². The zero-order valence-electron chi connectivity index (χ0n) is 22.6. The Morgan fingerprint density at radius 2 is 1.60 bits per heavy atom. The second kappa shape index (κ2) is 9.96. The lowest BCUT2D eigenvalue weighted by Gasteiger charge is -2.17. The quantitative estimate of drug-likeness (QED) is 0.199. The fourth-order valence-electron chi connectivity index (χ4n) is 4.70. The Kier molecular flexibility index (Phi) is 6.63. The van der Waals surface area contributed by atoms with E-state index in [1.54, 1.807) is 12.1 Å². The van der Waals surface area contributed by atoms with Crippen molar-refractivity contribution in [2.75, 3.05) is 10.6 Å². The Hall–Kier alpha value is -4.98. The monoisotopic (exact) mass is 536 g/mol. The maximum absolute atomic E-state index is 13.3. The average Bonchev–Trinajstić information content (AvgIpc) is 3.28. The summed E-state index contributed by atoms with van der Waals surface area (Å²) in [4.78, 5) is 41.1. The van der Waals surface area contributed by atoms with E-state index in [1.807, 2.05) is 64.1 Å². The van der Waals surface area contributed by atoms with Crippen molar-refractivity contribution in [1.82, 2.24) is 4.98 Å². The van der Waals surface area contributed by atoms with E-state index in [0.717, 1.165) is 33.0 Å². The molecule has 0 aliphatic rings. The summed E-state index contributed by atoms with van der Waals surface area (Å²) < 4.78 is 13.3. The molecule has 0 radical (unpaired) electrons. The molecule has 1 aromatic heterocycles. The number of hydrogen-bond acceptors (Lipinski definition) is 3. The molecule has 0 unspecified atom stereocenters. The average molecular weight is 537 g/mol. The Morgan fingerprint density at radius 3 is 2.27 bits per heavy atom. The van der Waals surface area contributed by atoms with Gasteiger partial charge >= 0.3 is 0 Å². The zero-order valence-corrected chi connectivity index (χ0v) is 22.6. The molecule has 0 saturated carbocycles. The van der Waals surface area contributed by atoms with Crippen molar-refractivity contribution in [3.8, 4) is 11.1 Å². The molecule has 4 aromatic carbocycles. The third kappa shape index (κ3) is 4.91. The number of amides is 3. The minimum atomic E-state index is -0.568. The number of H-pyrrole nitrogens is 1. The second-order valence-electron chi connectivity index (χ2n) is 10.8. The molecule has 1 heterocycles. The van der Waals surface area contributed by atoms with E-state index >= 15 is 0 Å². The number of hydrogen-bond donors (Lipinski definition) is 4. The number of aromatic amines is 1. The first-order valence-corrected chi connectivity index (χ1v) is 12.8. The number of fused-ring (bicyclic) bond motifs is 3. The summed E-state index contributed by atoms with van der Waals surface area (Å²) in [6.07, 6.45) is 0. The van der Waals surface area contributed by atoms with Crippen LogP contribution < -0.4 is 16.4 Å². The molecule has 5 N–H and O–H groups in total. The Balaban J connectivity index is 1.62. The molecule has 3 amide bonds. The summed E-state index contributed by atoms with van der Waals surface area (Å²) in [6, 6.07) is 20.0. The van der Waals surface area contributed by atoms with Gasteiger partial charge in [-0.3, -0.25) is 14.4 Å². The van der Waals surface area contributed by atoms with Gasteiger partial charge in [-0.1, -0.05) is 45.0 Å². The first-order valence-electron chi connectivity index (χ1n) is 12.8. The molecule has 8 heteroatoms. The van der Waals surface area contributed by atoms with Crippen molar-refractivity contribution < 1.29 is 18.8 Å². The van der Waals surface area contributed by atoms with Crippen LogP contribution in [0.5, 0.6) is 0 Å². The number of carbonyl (C=O) groups excluding carboxylic acids is 3. The highest BCUT2D eigenvalue weighted by Gasteiger charge is 2.22. The number of anilines is 2. The normalized spacial score (nSPS) is 11.5. The topological polar surface area (TPSA) is 117 Å². The maximum Gasteiger partial charge on any atom is 0.255 e. The van der Waals surface area contributed by atoms with E-state index in [1.165, 1.54) is 24.3 Å². The van der Waals surface area contributed by atoms with Crippen LogP contribution in [-0.4, -0.2) is 22.7 Å². The number of nitrogens with two attached hydrogens (primary N) is 1. The van der Waals surface area contributed by atoms with Gasteiger partial charge in [0.25, 0.3) is 11.8 Å². The highest BCUT2D eigenvalue weighted by Crippen LogP contribution is 2.39. The molecule has 7 nitrogen and oxygen atoms in total. The van der Waals surface area contributed by atoms with Crippen molar-refractivity contribution >= 4 is 50.9 Å². The number of halogens is 1. The summed E-state index contributed by atoms with van der Waals surface area (Å²) in [7, 11) is 0. The predicted molar refractivity (Wildman–Crippen MR) is 157 cm³/mol. The SMILES string of the molecule is Cc1c(NC(=O)c2ccc(F)cc2)cccc1-c1ccc(C(N)=O)c2[nH]c3cc(NC(=O)C(C)(C)C)ccc3c12. The van der Waals surface area contributed by atoms with Gasteiger partial charge in [-0.05, 0) is 72.1 Å². The van der Waals surface area contributed by atoms with Crippen molar-refractivity contribution in [2.24, 2.45) is 11.1 Å². The van der Waals surface area contributed by atoms with Crippen LogP contribution >= 0.6 is 0 Å². The summed E-state index contributed by atoms with van der Waals surface area (Å²) >= 11 is 0. The minimum absolute atomic E-state index is 0.114. The number of benzene rings is 4. The van der Waals surface area contributed by atoms with E-state index in [-0.39, 0.29) is 11.8 Å². The molecule has 0 atom stereocenters. The number of aromatic nitrogens is 1. The van der Waals surface area contributed by atoms with Gasteiger partial charge in [-0.25, -0.2) is 4.39 Å². The summed E-state index contributed by atoms with van der Waals surface area (Å²) in [5.74, 6) is -1.45. The van der Waals surface area contributed by atoms with Crippen LogP contribution in [0.15, 0.2) is 72.8 Å². The van der Waals surface area contributed by atoms with Crippen molar-refractivity contribution in [2.45, 2.75) is 27.7 Å². The number of rotatable bonds is 5. The fourth-order valence-corrected chi connectivity index (χ4v) is 4.70. The summed E-state index contributed by atoms with van der Waals surface area (Å²) in [5, 5.41) is 7.51. The Morgan fingerprint density at radius 1 is 0.875 bits per heavy atom. The molecule has 202 valence electrons. The molecule has 0 aliphatic carbocycles. The molecular formula is C32H29FN4O3. The molecule has 0 bridgehead atoms. The number of nitrogens with one attached hydrogen (secondary N) is 3. The van der Waals surface area contributed by atoms with Crippen molar-refractivity contribution in [3.63, 3.8) is 0 Å². The van der Waals surface area contributed by atoms with Gasteiger partial charge in [-0.15, -0.1) is 0 Å². The van der Waals surface area contributed by atoms with Crippen LogP contribution in [0.1, 0.15) is 47.1 Å². The van der Waals surface area contributed by atoms with Gasteiger partial charge in [0.1, 0.15) is 5.82 Å². The van der Waals surface area contributed by atoms with E-state index in [0.29, 0.717) is 28.0 Å². The maximum atomic E-state index is 13.3. The fraction of sp³-hybridized carbons (Fsp3) is 0.156. The summed E-state index contributed by atoms with van der Waals surface area (Å²) in [6.45, 7) is 7.42. The molecule has 0 spiro atoms. The molecule has 0 saturated heterocycles. The lowest BCUT2D eigenvalue weighted by Crippen LogP contribution is -2.27. The van der Waals surface area contributed by atoms with Crippen LogP contribution in [-0.2, 0) is 4.79 Å². The standard InChI is InChI=1S/C32H29FN4O3/c1-17-21(6-5-7-25(17)37-30(39)18-8-10-19(33)11-9-18)22-14-15-24(29(34)38)28-27(22)23-13-12-20(16-26(23)36-28)35-31(40)32(2,3)4/h5-16,36H,1-4H3,(H2,34,38)(H,35,40)(H,37,39). The van der Waals surface area contributed by atoms with Gasteiger partial charge in [0.2, 0.25) is 5.91 Å². The minimum Gasteiger partial charge on any atom is -0.366 e. The highest BCUT2D eigenvalue weighted by atomic mass is 19.1. The van der Waals surface area contributed by atoms with Crippen molar-refractivity contribution in [1.29, 1.82) is 0 Å². The number of carbonyl (C=O) groups is 3. The number of primary amides is 1. The van der Waals surface area contributed by atoms with E-state index in [4.69, 9.17) is 5.73 Å². The smallest absolute Gasteiger partial charge is 0.255 e. The van der Waals surface area contributed by atoms with Gasteiger partial charge in [0.15, 0.2) is 0 Å². The second-order valence-corrected chi connectivity index (χ2v) is 10.8. The third-order valence-corrected chi connectivity index (χ3v) is 6.94. The van der Waals surface area contributed by atoms with Crippen LogP contribution in [0.4, 0.5) is 15.8 Å². The van der Waals surface area contributed by atoms with E-state index < -0.39 is 17.1 Å². The van der Waals surface area contributed by atoms with Gasteiger partial charge < -0.3 is 21.4 Å². The van der Waals surface area contributed by atoms with Gasteiger partial charge in [0, 0.05) is 38.6 Å². The Labute approximate surface area is 230 Å². The largest absolute Gasteiger partial charge is 0.366 e. The first-order chi connectivity index (χ1) is 18.9. The molecule has 5 rings (SSSR count). The molecule has 5 aromatic rings. The van der Waals surface area contributed by atoms with Crippen molar-refractivity contribution in [3.05, 3.63) is 95.3 Å². The Bertz CT molecular complexity index is 1810. The van der Waals surface area contributed by atoms with Crippen LogP contribution in [0.2, 0.25) is 0 Å². The van der Waals surface area contributed by atoms with Crippen LogP contribution in [0.3, 0.4) is 0 Å². The lowest BCUT2D eigenvalue weighted by molar-refractivity contribution is -0.123. The third-order valence-electron chi connectivity index (χ3n) is 6.94. The highest BCUT2D eigenvalue weighted by molar-refractivity contribution is 6.20. The first kappa shape index (κ1) is 26.6. The van der Waals surface area contributed by atoms with Gasteiger partial charge in [0.05, 0.1) is 11.1 Å². The molecule has 40 heavy (non-hydrogen) atoms. The van der Waals surface area contributed by atoms with E-state index in [9.17, 15) is 18.8 Å². The predicted octanol–water partition coefficient (Wildman–Crippen LogP) is 6.77. The molecule has 0 aliphatic heterocycles. The lowest BCUT2D eigenvalue weighted by atomic mass is 9.93. The van der Waals surface area contributed by atoms with Crippen LogP contribution in [0, 0.1) is 18.2 Å².